The van der Waals surface area contributed by atoms with Crippen LogP contribution >= 0.6 is 11.8 Å². The Balaban J connectivity index is 2.05. The van der Waals surface area contributed by atoms with Crippen molar-refractivity contribution in [3.05, 3.63) is 35.4 Å². The molecule has 3 heteroatoms. The smallest absolute Gasteiger partial charge is 0.134 e. The molecule has 0 aliphatic carbocycles. The summed E-state index contributed by atoms with van der Waals surface area (Å²) < 4.78 is 6.05. The molecule has 0 radical (unpaired) electrons. The maximum atomic E-state index is 6.05. The van der Waals surface area contributed by atoms with Crippen LogP contribution in [0.5, 0.6) is 5.75 Å². The molecule has 3 rings (SSSR count). The highest BCUT2D eigenvalue weighted by molar-refractivity contribution is 8.08. The van der Waals surface area contributed by atoms with Gasteiger partial charge in [-0.25, -0.2) is 0 Å². The molecule has 1 unspecified atom stereocenters. The Labute approximate surface area is 100 Å². The largest absolute Gasteiger partial charge is 0.484 e. The lowest BCUT2D eigenvalue weighted by Gasteiger charge is -2.27. The first-order chi connectivity index (χ1) is 7.90. The summed E-state index contributed by atoms with van der Waals surface area (Å²) in [5.41, 5.74) is 2.77. The third kappa shape index (κ3) is 1.55. The van der Waals surface area contributed by atoms with E-state index < -0.39 is 0 Å². The second kappa shape index (κ2) is 4.15. The van der Waals surface area contributed by atoms with Crippen molar-refractivity contribution in [3.8, 4) is 5.75 Å². The molecule has 1 atom stereocenters. The molecule has 2 aliphatic rings. The summed E-state index contributed by atoms with van der Waals surface area (Å²) in [5, 5.41) is 3.21. The van der Waals surface area contributed by atoms with Gasteiger partial charge in [-0.15, -0.1) is 11.8 Å². The highest BCUT2D eigenvalue weighted by Gasteiger charge is 2.31. The van der Waals surface area contributed by atoms with Gasteiger partial charge in [-0.05, 0) is 25.1 Å². The monoisotopic (exact) mass is 233 g/mol. The van der Waals surface area contributed by atoms with E-state index in [-0.39, 0.29) is 6.10 Å². The number of para-hydroxylation sites is 1. The first-order valence-corrected chi connectivity index (χ1v) is 6.65. The topological polar surface area (TPSA) is 21.3 Å². The van der Waals surface area contributed by atoms with E-state index >= 15 is 0 Å². The number of thioether (sulfide) groups is 1. The van der Waals surface area contributed by atoms with E-state index in [1.807, 2.05) is 24.9 Å². The van der Waals surface area contributed by atoms with E-state index in [1.165, 1.54) is 28.2 Å². The highest BCUT2D eigenvalue weighted by Crippen LogP contribution is 2.47. The van der Waals surface area contributed by atoms with E-state index in [2.05, 4.69) is 23.5 Å². The number of nitrogens with one attached hydrogen (secondary N) is 1. The fourth-order valence-electron chi connectivity index (χ4n) is 2.36. The first-order valence-electron chi connectivity index (χ1n) is 5.66. The van der Waals surface area contributed by atoms with Gasteiger partial charge in [0.25, 0.3) is 0 Å². The van der Waals surface area contributed by atoms with Crippen molar-refractivity contribution < 1.29 is 4.74 Å². The number of benzene rings is 1. The zero-order valence-electron chi connectivity index (χ0n) is 9.32. The van der Waals surface area contributed by atoms with Crippen molar-refractivity contribution in [2.75, 3.05) is 19.3 Å². The molecule has 0 spiro atoms. The lowest BCUT2D eigenvalue weighted by molar-refractivity contribution is 0.229. The fraction of sp³-hybridized carbons (Fsp3) is 0.385. The van der Waals surface area contributed by atoms with E-state index in [1.54, 1.807) is 0 Å². The van der Waals surface area contributed by atoms with Crippen LogP contribution < -0.4 is 10.1 Å². The molecule has 0 saturated carbocycles. The number of ether oxygens (including phenoxy) is 1. The van der Waals surface area contributed by atoms with Gasteiger partial charge in [-0.1, -0.05) is 18.2 Å². The molecule has 84 valence electrons. The molecule has 0 aromatic heterocycles. The summed E-state index contributed by atoms with van der Waals surface area (Å²) in [6.45, 7) is 0.897. The second-order valence-electron chi connectivity index (χ2n) is 4.11. The molecule has 0 bridgehead atoms. The number of fused-ring (bicyclic) bond motifs is 2. The highest BCUT2D eigenvalue weighted by atomic mass is 32.2. The van der Waals surface area contributed by atoms with Gasteiger partial charge in [-0.3, -0.25) is 0 Å². The lowest BCUT2D eigenvalue weighted by Crippen LogP contribution is -2.33. The number of hydrogen-bond acceptors (Lipinski definition) is 3. The number of hydrogen-bond donors (Lipinski definition) is 1. The molecule has 0 saturated heterocycles. The molecule has 1 aromatic rings. The minimum absolute atomic E-state index is 0.227. The van der Waals surface area contributed by atoms with Crippen molar-refractivity contribution in [3.63, 3.8) is 0 Å². The molecule has 2 aliphatic heterocycles. The van der Waals surface area contributed by atoms with E-state index in [9.17, 15) is 0 Å². The third-order valence-corrected chi connectivity index (χ3v) is 4.27. The Bertz CT molecular complexity index is 441. The van der Waals surface area contributed by atoms with Gasteiger partial charge in [0.1, 0.15) is 11.9 Å². The Morgan fingerprint density at radius 2 is 2.31 bits per heavy atom. The van der Waals surface area contributed by atoms with Gasteiger partial charge in [0.05, 0.1) is 0 Å². The number of rotatable bonds is 2. The predicted octanol–water partition coefficient (Wildman–Crippen LogP) is 2.52. The van der Waals surface area contributed by atoms with Crippen LogP contribution in [-0.4, -0.2) is 25.4 Å². The molecular weight excluding hydrogens is 218 g/mol. The summed E-state index contributed by atoms with van der Waals surface area (Å²) in [6.07, 6.45) is 1.39. The lowest BCUT2D eigenvalue weighted by atomic mass is 9.99. The van der Waals surface area contributed by atoms with Crippen LogP contribution in [-0.2, 0) is 0 Å². The molecule has 0 fully saturated rings. The normalized spacial score (nSPS) is 22.7. The van der Waals surface area contributed by atoms with Gasteiger partial charge in [0, 0.05) is 22.8 Å². The molecule has 2 heterocycles. The average molecular weight is 233 g/mol. The summed E-state index contributed by atoms with van der Waals surface area (Å²) in [6, 6.07) is 8.36. The molecule has 16 heavy (non-hydrogen) atoms. The van der Waals surface area contributed by atoms with Gasteiger partial charge >= 0.3 is 0 Å². The van der Waals surface area contributed by atoms with E-state index in [0.29, 0.717) is 0 Å². The van der Waals surface area contributed by atoms with Crippen LogP contribution in [0.2, 0.25) is 0 Å². The zero-order chi connectivity index (χ0) is 11.0. The summed E-state index contributed by atoms with van der Waals surface area (Å²) in [7, 11) is 1.98. The SMILES string of the molecule is CNCC1Oc2ccccc2C2=C1CCS2. The minimum atomic E-state index is 0.227. The van der Waals surface area contributed by atoms with Crippen molar-refractivity contribution in [1.82, 2.24) is 5.32 Å². The van der Waals surface area contributed by atoms with Crippen molar-refractivity contribution >= 4 is 16.7 Å². The van der Waals surface area contributed by atoms with E-state index in [4.69, 9.17) is 4.74 Å². The summed E-state index contributed by atoms with van der Waals surface area (Å²) >= 11 is 1.97. The van der Waals surface area contributed by atoms with Crippen molar-refractivity contribution in [1.29, 1.82) is 0 Å². The van der Waals surface area contributed by atoms with Crippen LogP contribution in [0.3, 0.4) is 0 Å². The minimum Gasteiger partial charge on any atom is -0.484 e. The van der Waals surface area contributed by atoms with Crippen LogP contribution in [0.1, 0.15) is 12.0 Å². The standard InChI is InChI=1S/C13H15NOS/c1-14-8-12-10-6-7-16-13(10)9-4-2-3-5-11(9)15-12/h2-5,12,14H,6-8H2,1H3. The first kappa shape index (κ1) is 10.2. The van der Waals surface area contributed by atoms with Crippen molar-refractivity contribution in [2.24, 2.45) is 0 Å². The quantitative estimate of drug-likeness (QED) is 0.848. The summed E-state index contributed by atoms with van der Waals surface area (Å²) in [4.78, 5) is 1.46. The molecule has 2 nitrogen and oxygen atoms in total. The van der Waals surface area contributed by atoms with Crippen molar-refractivity contribution in [2.45, 2.75) is 12.5 Å². The van der Waals surface area contributed by atoms with Crippen LogP contribution in [0.15, 0.2) is 29.8 Å². The molecule has 0 amide bonds. The van der Waals surface area contributed by atoms with E-state index in [0.717, 1.165) is 12.3 Å². The van der Waals surface area contributed by atoms with Gasteiger partial charge in [0.15, 0.2) is 0 Å². The second-order valence-corrected chi connectivity index (χ2v) is 5.22. The maximum absolute atomic E-state index is 6.05. The van der Waals surface area contributed by atoms with Crippen LogP contribution in [0.4, 0.5) is 0 Å². The van der Waals surface area contributed by atoms with Gasteiger partial charge in [0.2, 0.25) is 0 Å². The Kier molecular flexibility index (Phi) is 2.65. The Morgan fingerprint density at radius 1 is 1.44 bits per heavy atom. The molecule has 1 N–H and O–H groups in total. The van der Waals surface area contributed by atoms with Crippen LogP contribution in [0, 0.1) is 0 Å². The number of likely N-dealkylation sites (N-methyl/N-ethyl adjacent to an activating group) is 1. The molecular formula is C13H15NOS. The summed E-state index contributed by atoms with van der Waals surface area (Å²) in [5.74, 6) is 2.23. The average Bonchev–Trinajstić information content (AvgIpc) is 2.79. The van der Waals surface area contributed by atoms with Gasteiger partial charge in [-0.2, -0.15) is 0 Å². The van der Waals surface area contributed by atoms with Crippen LogP contribution in [0.25, 0.3) is 4.91 Å². The maximum Gasteiger partial charge on any atom is 0.134 e. The molecule has 1 aromatic carbocycles. The zero-order valence-corrected chi connectivity index (χ0v) is 10.1. The van der Waals surface area contributed by atoms with Gasteiger partial charge < -0.3 is 10.1 Å². The third-order valence-electron chi connectivity index (χ3n) is 3.09. The fourth-order valence-corrected chi connectivity index (χ4v) is 3.63. The predicted molar refractivity (Wildman–Crippen MR) is 68.8 cm³/mol. The Hall–Kier alpha value is -0.930. The Morgan fingerprint density at radius 3 is 3.19 bits per heavy atom.